The highest BCUT2D eigenvalue weighted by Crippen LogP contribution is 2.13. The molecule has 116 valence electrons. The average Bonchev–Trinajstić information content (AvgIpc) is 2.47. The van der Waals surface area contributed by atoms with Crippen LogP contribution in [-0.4, -0.2) is 97.9 Å². The number of amides is 1. The van der Waals surface area contributed by atoms with Crippen LogP contribution in [-0.2, 0) is 9.53 Å². The Morgan fingerprint density at radius 1 is 1.15 bits per heavy atom. The van der Waals surface area contributed by atoms with Gasteiger partial charge in [-0.25, -0.2) is 0 Å². The van der Waals surface area contributed by atoms with Crippen LogP contribution in [0.4, 0.5) is 0 Å². The van der Waals surface area contributed by atoms with Crippen LogP contribution >= 0.6 is 0 Å². The number of aliphatic hydroxyl groups is 1. The largest absolute Gasteiger partial charge is 0.394 e. The van der Waals surface area contributed by atoms with Crippen LogP contribution in [0.3, 0.4) is 0 Å². The van der Waals surface area contributed by atoms with E-state index < -0.39 is 0 Å². The monoisotopic (exact) mass is 285 g/mol. The number of rotatable bonds is 5. The standard InChI is InChI=1S/C14H27N3O3/c1-15-6-8-17(9-7-15)14(19)12-16-4-2-13(3-5-16)20-11-10-18/h13,18H,2-12H2,1H3. The molecule has 0 spiro atoms. The van der Waals surface area contributed by atoms with Crippen molar-refractivity contribution in [2.75, 3.05) is 66.1 Å². The van der Waals surface area contributed by atoms with Gasteiger partial charge in [0, 0.05) is 39.3 Å². The van der Waals surface area contributed by atoms with Gasteiger partial charge in [-0.3, -0.25) is 9.69 Å². The van der Waals surface area contributed by atoms with Crippen molar-refractivity contribution in [3.05, 3.63) is 0 Å². The maximum Gasteiger partial charge on any atom is 0.236 e. The number of hydrogen-bond donors (Lipinski definition) is 1. The van der Waals surface area contributed by atoms with Crippen LogP contribution in [0, 0.1) is 0 Å². The first-order valence-corrected chi connectivity index (χ1v) is 7.60. The summed E-state index contributed by atoms with van der Waals surface area (Å²) >= 11 is 0. The maximum absolute atomic E-state index is 12.2. The second-order valence-electron chi connectivity index (χ2n) is 5.75. The van der Waals surface area contributed by atoms with Crippen molar-refractivity contribution < 1.29 is 14.6 Å². The summed E-state index contributed by atoms with van der Waals surface area (Å²) in [6.45, 7) is 6.52. The van der Waals surface area contributed by atoms with E-state index in [0.717, 1.165) is 52.1 Å². The summed E-state index contributed by atoms with van der Waals surface area (Å²) in [4.78, 5) is 18.7. The first kappa shape index (κ1) is 15.7. The van der Waals surface area contributed by atoms with Gasteiger partial charge < -0.3 is 19.6 Å². The number of ether oxygens (including phenoxy) is 1. The molecule has 0 aliphatic carbocycles. The van der Waals surface area contributed by atoms with E-state index in [1.165, 1.54) is 0 Å². The average molecular weight is 285 g/mol. The molecular formula is C14H27N3O3. The van der Waals surface area contributed by atoms with E-state index >= 15 is 0 Å². The predicted molar refractivity (Wildman–Crippen MR) is 76.6 cm³/mol. The minimum atomic E-state index is 0.0854. The maximum atomic E-state index is 12.2. The van der Waals surface area contributed by atoms with Gasteiger partial charge in [-0.2, -0.15) is 0 Å². The summed E-state index contributed by atoms with van der Waals surface area (Å²) in [5.41, 5.74) is 0. The van der Waals surface area contributed by atoms with Crippen LogP contribution in [0.1, 0.15) is 12.8 Å². The summed E-state index contributed by atoms with van der Waals surface area (Å²) in [6.07, 6.45) is 2.16. The van der Waals surface area contributed by atoms with Crippen molar-refractivity contribution in [3.8, 4) is 0 Å². The molecule has 0 aromatic carbocycles. The molecule has 0 radical (unpaired) electrons. The fourth-order valence-electron chi connectivity index (χ4n) is 2.80. The van der Waals surface area contributed by atoms with Crippen LogP contribution < -0.4 is 0 Å². The number of hydrogen-bond acceptors (Lipinski definition) is 5. The van der Waals surface area contributed by atoms with Crippen molar-refractivity contribution >= 4 is 5.91 Å². The highest BCUT2D eigenvalue weighted by molar-refractivity contribution is 5.78. The molecule has 2 saturated heterocycles. The minimum Gasteiger partial charge on any atom is -0.394 e. The van der Waals surface area contributed by atoms with Gasteiger partial charge in [-0.15, -0.1) is 0 Å². The Kier molecular flexibility index (Phi) is 6.22. The van der Waals surface area contributed by atoms with Crippen molar-refractivity contribution in [1.82, 2.24) is 14.7 Å². The third-order valence-electron chi connectivity index (χ3n) is 4.19. The Morgan fingerprint density at radius 3 is 2.40 bits per heavy atom. The third kappa shape index (κ3) is 4.70. The lowest BCUT2D eigenvalue weighted by atomic mass is 10.1. The molecule has 0 aromatic heterocycles. The highest BCUT2D eigenvalue weighted by Gasteiger charge is 2.24. The summed E-state index contributed by atoms with van der Waals surface area (Å²) in [7, 11) is 2.10. The summed E-state index contributed by atoms with van der Waals surface area (Å²) in [5.74, 6) is 0.257. The molecule has 20 heavy (non-hydrogen) atoms. The minimum absolute atomic E-state index is 0.0854. The van der Waals surface area contributed by atoms with E-state index in [1.807, 2.05) is 4.90 Å². The molecule has 6 nitrogen and oxygen atoms in total. The molecule has 1 amide bonds. The smallest absolute Gasteiger partial charge is 0.236 e. The zero-order valence-corrected chi connectivity index (χ0v) is 12.5. The van der Waals surface area contributed by atoms with E-state index in [9.17, 15) is 4.79 Å². The number of carbonyl (C=O) groups is 1. The fraction of sp³-hybridized carbons (Fsp3) is 0.929. The van der Waals surface area contributed by atoms with Crippen LogP contribution in [0.2, 0.25) is 0 Å². The first-order valence-electron chi connectivity index (χ1n) is 7.60. The van der Waals surface area contributed by atoms with Crippen LogP contribution in [0.15, 0.2) is 0 Å². The van der Waals surface area contributed by atoms with Crippen LogP contribution in [0.25, 0.3) is 0 Å². The third-order valence-corrected chi connectivity index (χ3v) is 4.19. The molecule has 6 heteroatoms. The SMILES string of the molecule is CN1CCN(C(=O)CN2CCC(OCCO)CC2)CC1. The van der Waals surface area contributed by atoms with Gasteiger partial charge in [-0.05, 0) is 19.9 Å². The number of aliphatic hydroxyl groups excluding tert-OH is 1. The van der Waals surface area contributed by atoms with Gasteiger partial charge >= 0.3 is 0 Å². The lowest BCUT2D eigenvalue weighted by molar-refractivity contribution is -0.134. The fourth-order valence-corrected chi connectivity index (χ4v) is 2.80. The molecule has 0 bridgehead atoms. The highest BCUT2D eigenvalue weighted by atomic mass is 16.5. The lowest BCUT2D eigenvalue weighted by Gasteiger charge is -2.36. The topological polar surface area (TPSA) is 56.2 Å². The Bertz CT molecular complexity index is 298. The number of nitrogens with zero attached hydrogens (tertiary/aromatic N) is 3. The van der Waals surface area contributed by atoms with Gasteiger partial charge in [0.2, 0.25) is 5.91 Å². The Hall–Kier alpha value is -0.690. The molecule has 2 aliphatic rings. The number of piperidine rings is 1. The molecule has 0 atom stereocenters. The zero-order chi connectivity index (χ0) is 14.4. The van der Waals surface area contributed by atoms with Crippen molar-refractivity contribution in [2.45, 2.75) is 18.9 Å². The first-order chi connectivity index (χ1) is 9.69. The molecule has 0 saturated carbocycles. The molecule has 0 unspecified atom stereocenters. The second-order valence-corrected chi connectivity index (χ2v) is 5.75. The van der Waals surface area contributed by atoms with Gasteiger partial charge in [0.1, 0.15) is 0 Å². The summed E-state index contributed by atoms with van der Waals surface area (Å²) in [6, 6.07) is 0. The van der Waals surface area contributed by atoms with E-state index in [4.69, 9.17) is 9.84 Å². The molecule has 2 fully saturated rings. The van der Waals surface area contributed by atoms with Crippen molar-refractivity contribution in [3.63, 3.8) is 0 Å². The molecule has 2 heterocycles. The number of likely N-dealkylation sites (N-methyl/N-ethyl adjacent to an activating group) is 1. The van der Waals surface area contributed by atoms with E-state index in [0.29, 0.717) is 13.2 Å². The molecule has 2 rings (SSSR count). The quantitative estimate of drug-likeness (QED) is 0.719. The Balaban J connectivity index is 1.66. The van der Waals surface area contributed by atoms with Gasteiger partial charge in [0.25, 0.3) is 0 Å². The van der Waals surface area contributed by atoms with Gasteiger partial charge in [0.15, 0.2) is 0 Å². The zero-order valence-electron chi connectivity index (χ0n) is 12.5. The number of carbonyl (C=O) groups excluding carboxylic acids is 1. The molecule has 0 aromatic rings. The van der Waals surface area contributed by atoms with E-state index in [1.54, 1.807) is 0 Å². The van der Waals surface area contributed by atoms with Crippen LogP contribution in [0.5, 0.6) is 0 Å². The molecular weight excluding hydrogens is 258 g/mol. The molecule has 2 aliphatic heterocycles. The second kappa shape index (κ2) is 7.93. The lowest BCUT2D eigenvalue weighted by Crippen LogP contribution is -2.51. The van der Waals surface area contributed by atoms with Gasteiger partial charge in [0.05, 0.1) is 25.9 Å². The van der Waals surface area contributed by atoms with Gasteiger partial charge in [-0.1, -0.05) is 0 Å². The summed E-state index contributed by atoms with van der Waals surface area (Å²) in [5, 5.41) is 8.74. The van der Waals surface area contributed by atoms with E-state index in [2.05, 4.69) is 16.8 Å². The summed E-state index contributed by atoms with van der Waals surface area (Å²) < 4.78 is 5.54. The van der Waals surface area contributed by atoms with E-state index in [-0.39, 0.29) is 18.6 Å². The van der Waals surface area contributed by atoms with Crippen molar-refractivity contribution in [1.29, 1.82) is 0 Å². The Morgan fingerprint density at radius 2 is 1.80 bits per heavy atom. The normalized spacial score (nSPS) is 23.2. The Labute approximate surface area is 121 Å². The number of likely N-dealkylation sites (tertiary alicyclic amines) is 1. The van der Waals surface area contributed by atoms with Crippen molar-refractivity contribution in [2.24, 2.45) is 0 Å². The molecule has 1 N–H and O–H groups in total. The predicted octanol–water partition coefficient (Wildman–Crippen LogP) is -0.766. The number of piperazine rings is 1.